The fourth-order valence-corrected chi connectivity index (χ4v) is 4.27. The standard InChI is InChI=1S/C18H16BrN3O7S/c19-6-13(23)5-14(24)20-15-16(25)21-7-11(9-30-17(15)21)18(26)29-8-10-1-3-12(4-2-10)22(27)28/h1-4,7,15,17H,5-6,8-9H2,(H,20,24)/t15?,17-/m1/s1. The molecule has 0 aliphatic carbocycles. The number of Topliss-reactive ketones (excluding diaryl/α,β-unsaturated/α-hetero) is 1. The normalized spacial score (nSPS) is 19.8. The fraction of sp³-hybridized carbons (Fsp3) is 0.333. The molecule has 1 unspecified atom stereocenters. The van der Waals surface area contributed by atoms with Crippen LogP contribution in [0, 0.1) is 10.1 Å². The third kappa shape index (κ3) is 4.87. The van der Waals surface area contributed by atoms with E-state index < -0.39 is 22.8 Å². The predicted molar refractivity (Wildman–Crippen MR) is 109 cm³/mol. The Hall–Kier alpha value is -2.73. The molecule has 30 heavy (non-hydrogen) atoms. The first-order chi connectivity index (χ1) is 14.3. The van der Waals surface area contributed by atoms with Crippen LogP contribution in [0.25, 0.3) is 0 Å². The van der Waals surface area contributed by atoms with Crippen molar-refractivity contribution in [1.29, 1.82) is 0 Å². The van der Waals surface area contributed by atoms with Crippen molar-refractivity contribution in [2.24, 2.45) is 0 Å². The van der Waals surface area contributed by atoms with Gasteiger partial charge < -0.3 is 15.0 Å². The average molecular weight is 498 g/mol. The molecule has 0 saturated carbocycles. The number of benzene rings is 1. The van der Waals surface area contributed by atoms with Crippen LogP contribution in [-0.2, 0) is 30.5 Å². The van der Waals surface area contributed by atoms with Crippen LogP contribution in [0.1, 0.15) is 12.0 Å². The molecule has 158 valence electrons. The number of nitrogens with one attached hydrogen (secondary N) is 1. The third-order valence-electron chi connectivity index (χ3n) is 4.39. The van der Waals surface area contributed by atoms with E-state index in [0.29, 0.717) is 16.9 Å². The van der Waals surface area contributed by atoms with Gasteiger partial charge >= 0.3 is 5.97 Å². The molecule has 1 N–H and O–H groups in total. The number of thioether (sulfide) groups is 1. The smallest absolute Gasteiger partial charge is 0.336 e. The van der Waals surface area contributed by atoms with Crippen LogP contribution in [0.15, 0.2) is 36.0 Å². The van der Waals surface area contributed by atoms with E-state index in [1.165, 1.54) is 47.1 Å². The van der Waals surface area contributed by atoms with Gasteiger partial charge in [-0.15, -0.1) is 11.8 Å². The minimum absolute atomic E-state index is 0.0583. The lowest BCUT2D eigenvalue weighted by Gasteiger charge is -2.47. The van der Waals surface area contributed by atoms with Gasteiger partial charge in [0, 0.05) is 24.1 Å². The number of amides is 2. The van der Waals surface area contributed by atoms with E-state index in [-0.39, 0.29) is 41.1 Å². The molecule has 2 aliphatic heterocycles. The molecule has 0 aromatic heterocycles. The zero-order valence-electron chi connectivity index (χ0n) is 15.4. The number of hydrogen-bond acceptors (Lipinski definition) is 8. The topological polar surface area (TPSA) is 136 Å². The zero-order chi connectivity index (χ0) is 21.8. The number of hydrogen-bond donors (Lipinski definition) is 1. The number of nitro benzene ring substituents is 1. The summed E-state index contributed by atoms with van der Waals surface area (Å²) in [5.74, 6) is -1.48. The Kier molecular flexibility index (Phi) is 6.87. The van der Waals surface area contributed by atoms with Crippen molar-refractivity contribution >= 4 is 56.9 Å². The third-order valence-corrected chi connectivity index (χ3v) is 6.33. The fourth-order valence-electron chi connectivity index (χ4n) is 2.83. The Balaban J connectivity index is 1.53. The Bertz CT molecular complexity index is 934. The highest BCUT2D eigenvalue weighted by Gasteiger charge is 2.50. The number of nitro groups is 1. The number of ketones is 1. The summed E-state index contributed by atoms with van der Waals surface area (Å²) < 4.78 is 5.22. The first-order valence-corrected chi connectivity index (χ1v) is 10.9. The van der Waals surface area contributed by atoms with Gasteiger partial charge in [-0.25, -0.2) is 4.79 Å². The number of non-ortho nitro benzene ring substituents is 1. The van der Waals surface area contributed by atoms with Crippen LogP contribution in [0.4, 0.5) is 5.69 Å². The molecule has 0 spiro atoms. The molecule has 1 aromatic rings. The summed E-state index contributed by atoms with van der Waals surface area (Å²) in [6.07, 6.45) is 1.11. The van der Waals surface area contributed by atoms with Crippen LogP contribution in [-0.4, -0.2) is 55.9 Å². The van der Waals surface area contributed by atoms with Crippen molar-refractivity contribution in [3.63, 3.8) is 0 Å². The molecule has 10 nitrogen and oxygen atoms in total. The summed E-state index contributed by atoms with van der Waals surface area (Å²) in [6, 6.07) is 4.90. The number of esters is 1. The van der Waals surface area contributed by atoms with Gasteiger partial charge in [-0.2, -0.15) is 0 Å². The molecule has 1 saturated heterocycles. The van der Waals surface area contributed by atoms with Crippen LogP contribution in [0.3, 0.4) is 0 Å². The maximum absolute atomic E-state index is 12.3. The van der Waals surface area contributed by atoms with Gasteiger partial charge in [0.2, 0.25) is 5.91 Å². The SMILES string of the molecule is O=C(CBr)CC(=O)NC1C(=O)N2C=C(C(=O)OCc3ccc([N+](=O)[O-])cc3)CS[C@H]12. The average Bonchev–Trinajstić information content (AvgIpc) is 2.75. The van der Waals surface area contributed by atoms with Crippen LogP contribution in [0.5, 0.6) is 0 Å². The number of carbonyl (C=O) groups is 4. The van der Waals surface area contributed by atoms with Gasteiger partial charge in [-0.05, 0) is 17.7 Å². The second kappa shape index (κ2) is 9.39. The number of alkyl halides is 1. The van der Waals surface area contributed by atoms with Crippen molar-refractivity contribution in [1.82, 2.24) is 10.2 Å². The Morgan fingerprint density at radius 2 is 2.00 bits per heavy atom. The molecule has 2 aliphatic rings. The molecule has 0 radical (unpaired) electrons. The second-order valence-electron chi connectivity index (χ2n) is 6.50. The zero-order valence-corrected chi connectivity index (χ0v) is 17.8. The number of ether oxygens (including phenoxy) is 1. The molecule has 1 fully saturated rings. The predicted octanol–water partition coefficient (Wildman–Crippen LogP) is 1.28. The molecule has 0 bridgehead atoms. The van der Waals surface area contributed by atoms with Gasteiger partial charge in [0.15, 0.2) is 5.78 Å². The van der Waals surface area contributed by atoms with E-state index in [1.54, 1.807) is 0 Å². The van der Waals surface area contributed by atoms with E-state index in [1.807, 2.05) is 0 Å². The van der Waals surface area contributed by atoms with Gasteiger partial charge in [0.05, 0.1) is 22.2 Å². The lowest BCUT2D eigenvalue weighted by atomic mass is 10.1. The summed E-state index contributed by atoms with van der Waals surface area (Å²) >= 11 is 4.28. The Labute approximate surface area is 183 Å². The summed E-state index contributed by atoms with van der Waals surface area (Å²) in [4.78, 5) is 59.2. The summed E-state index contributed by atoms with van der Waals surface area (Å²) in [5.41, 5.74) is 0.833. The van der Waals surface area contributed by atoms with E-state index in [2.05, 4.69) is 21.2 Å². The van der Waals surface area contributed by atoms with E-state index in [0.717, 1.165) is 0 Å². The van der Waals surface area contributed by atoms with Gasteiger partial charge in [-0.1, -0.05) is 15.9 Å². The minimum atomic E-state index is -0.737. The van der Waals surface area contributed by atoms with Crippen LogP contribution >= 0.6 is 27.7 Å². The number of rotatable bonds is 8. The van der Waals surface area contributed by atoms with Gasteiger partial charge in [-0.3, -0.25) is 24.5 Å². The van der Waals surface area contributed by atoms with E-state index >= 15 is 0 Å². The second-order valence-corrected chi connectivity index (χ2v) is 8.16. The van der Waals surface area contributed by atoms with Crippen molar-refractivity contribution in [3.05, 3.63) is 51.7 Å². The van der Waals surface area contributed by atoms with Gasteiger partial charge in [0.25, 0.3) is 11.6 Å². The number of β-lactam (4-membered cyclic amide) rings is 1. The Morgan fingerprint density at radius 1 is 1.30 bits per heavy atom. The summed E-state index contributed by atoms with van der Waals surface area (Å²) in [7, 11) is 0. The highest BCUT2D eigenvalue weighted by atomic mass is 79.9. The highest BCUT2D eigenvalue weighted by molar-refractivity contribution is 9.09. The largest absolute Gasteiger partial charge is 0.457 e. The van der Waals surface area contributed by atoms with Crippen molar-refractivity contribution in [2.75, 3.05) is 11.1 Å². The molecule has 12 heteroatoms. The maximum atomic E-state index is 12.3. The Morgan fingerprint density at radius 3 is 2.63 bits per heavy atom. The minimum Gasteiger partial charge on any atom is -0.457 e. The van der Waals surface area contributed by atoms with Crippen molar-refractivity contribution < 1.29 is 28.8 Å². The molecular formula is C18H16BrN3O7S. The summed E-state index contributed by atoms with van der Waals surface area (Å²) in [6.45, 7) is -0.0590. The number of carbonyl (C=O) groups excluding carboxylic acids is 4. The molecular weight excluding hydrogens is 482 g/mol. The summed E-state index contributed by atoms with van der Waals surface area (Å²) in [5, 5.41) is 12.9. The highest BCUT2D eigenvalue weighted by Crippen LogP contribution is 2.36. The maximum Gasteiger partial charge on any atom is 0.336 e. The number of halogens is 1. The molecule has 3 rings (SSSR count). The molecule has 2 atom stereocenters. The lowest BCUT2D eigenvalue weighted by Crippen LogP contribution is -2.68. The van der Waals surface area contributed by atoms with Gasteiger partial charge in [0.1, 0.15) is 18.0 Å². The van der Waals surface area contributed by atoms with Crippen LogP contribution < -0.4 is 5.32 Å². The van der Waals surface area contributed by atoms with Crippen molar-refractivity contribution in [2.45, 2.75) is 24.4 Å². The monoisotopic (exact) mass is 497 g/mol. The molecule has 2 heterocycles. The van der Waals surface area contributed by atoms with Crippen LogP contribution in [0.2, 0.25) is 0 Å². The molecule has 2 amide bonds. The van der Waals surface area contributed by atoms with E-state index in [9.17, 15) is 29.3 Å². The first-order valence-electron chi connectivity index (χ1n) is 8.72. The number of fused-ring (bicyclic) bond motifs is 1. The lowest BCUT2D eigenvalue weighted by molar-refractivity contribution is -0.384. The first kappa shape index (κ1) is 22.0. The molecule has 1 aromatic carbocycles. The number of nitrogens with zero attached hydrogens (tertiary/aromatic N) is 2. The van der Waals surface area contributed by atoms with E-state index in [4.69, 9.17) is 4.74 Å². The quantitative estimate of drug-likeness (QED) is 0.141. The van der Waals surface area contributed by atoms with Crippen molar-refractivity contribution in [3.8, 4) is 0 Å².